The number of nitrogens with zero attached hydrogens (tertiary/aromatic N) is 2. The molecular formula is C18H18N2O4S. The zero-order valence-corrected chi connectivity index (χ0v) is 14.8. The molecule has 2 aromatic carbocycles. The first kappa shape index (κ1) is 17.2. The molecule has 130 valence electrons. The number of carbonyl (C=O) groups is 1. The third-order valence-electron chi connectivity index (χ3n) is 3.89. The van der Waals surface area contributed by atoms with Gasteiger partial charge in [0.25, 0.3) is 10.0 Å². The molecule has 0 radical (unpaired) electrons. The number of likely N-dealkylation sites (N-methyl/N-ethyl adjacent to an activating group) is 1. The predicted molar refractivity (Wildman–Crippen MR) is 94.3 cm³/mol. The minimum Gasteiger partial charge on any atom is -0.460 e. The van der Waals surface area contributed by atoms with Gasteiger partial charge in [0, 0.05) is 12.6 Å². The summed E-state index contributed by atoms with van der Waals surface area (Å²) in [6.45, 7) is 2.37. The van der Waals surface area contributed by atoms with Gasteiger partial charge in [-0.25, -0.2) is 4.79 Å². The fourth-order valence-electron chi connectivity index (χ4n) is 2.60. The van der Waals surface area contributed by atoms with E-state index in [1.807, 2.05) is 13.0 Å². The third-order valence-corrected chi connectivity index (χ3v) is 5.21. The molecule has 1 aliphatic heterocycles. The quantitative estimate of drug-likeness (QED) is 0.784. The summed E-state index contributed by atoms with van der Waals surface area (Å²) in [5, 5.41) is 0. The van der Waals surface area contributed by atoms with Crippen molar-refractivity contribution in [1.29, 1.82) is 0 Å². The summed E-state index contributed by atoms with van der Waals surface area (Å²) >= 11 is 0. The van der Waals surface area contributed by atoms with Gasteiger partial charge in [0.05, 0.1) is 12.1 Å². The number of rotatable bonds is 4. The van der Waals surface area contributed by atoms with Crippen LogP contribution in [0.4, 0.5) is 0 Å². The smallest absolute Gasteiger partial charge is 0.338 e. The molecule has 2 aromatic rings. The Kier molecular flexibility index (Phi) is 4.59. The first-order valence-corrected chi connectivity index (χ1v) is 9.22. The van der Waals surface area contributed by atoms with Gasteiger partial charge in [-0.05, 0) is 31.2 Å². The maximum Gasteiger partial charge on any atom is 0.338 e. The number of fused-ring (bicyclic) bond motifs is 1. The van der Waals surface area contributed by atoms with E-state index in [-0.39, 0.29) is 11.5 Å². The van der Waals surface area contributed by atoms with Crippen molar-refractivity contribution < 1.29 is 17.9 Å². The summed E-state index contributed by atoms with van der Waals surface area (Å²) in [5.41, 5.74) is 2.04. The maximum absolute atomic E-state index is 12.1. The highest BCUT2D eigenvalue weighted by Gasteiger charge is 2.30. The summed E-state index contributed by atoms with van der Waals surface area (Å²) in [5.74, 6) is -0.0410. The second-order valence-electron chi connectivity index (χ2n) is 5.81. The first-order valence-electron chi connectivity index (χ1n) is 7.78. The summed E-state index contributed by atoms with van der Waals surface area (Å²) in [6.07, 6.45) is 0. The zero-order chi connectivity index (χ0) is 18.0. The first-order chi connectivity index (χ1) is 11.9. The van der Waals surface area contributed by atoms with Crippen LogP contribution in [0.25, 0.3) is 0 Å². The van der Waals surface area contributed by atoms with E-state index < -0.39 is 16.0 Å². The highest BCUT2D eigenvalue weighted by molar-refractivity contribution is 7.90. The minimum atomic E-state index is -3.65. The normalized spacial score (nSPS) is 14.6. The number of sulfonamides is 1. The van der Waals surface area contributed by atoms with E-state index in [4.69, 9.17) is 4.74 Å². The van der Waals surface area contributed by atoms with Crippen LogP contribution in [0.1, 0.15) is 21.5 Å². The van der Waals surface area contributed by atoms with Crippen molar-refractivity contribution in [2.24, 2.45) is 4.40 Å². The molecule has 0 amide bonds. The Labute approximate surface area is 146 Å². The van der Waals surface area contributed by atoms with Crippen LogP contribution in [0.5, 0.6) is 0 Å². The summed E-state index contributed by atoms with van der Waals surface area (Å²) < 4.78 is 33.2. The summed E-state index contributed by atoms with van der Waals surface area (Å²) in [6, 6.07) is 13.8. The van der Waals surface area contributed by atoms with Crippen molar-refractivity contribution in [3.63, 3.8) is 0 Å². The van der Waals surface area contributed by atoms with Gasteiger partial charge in [-0.3, -0.25) is 0 Å². The van der Waals surface area contributed by atoms with Crippen LogP contribution in [0.15, 0.2) is 57.8 Å². The topological polar surface area (TPSA) is 76.0 Å². The second-order valence-corrected chi connectivity index (χ2v) is 7.39. The Balaban J connectivity index is 1.64. The standard InChI is InChI=1S/C18H18N2O4S/c1-13-6-5-7-14(12-13)18(21)24-11-10-20(2)17-15-8-3-4-9-16(15)25(22,23)19-17/h3-9,12H,10-11H2,1-2H3. The number of benzene rings is 2. The number of aryl methyl sites for hydroxylation is 1. The van der Waals surface area contributed by atoms with Crippen molar-refractivity contribution in [2.75, 3.05) is 20.2 Å². The molecule has 0 fully saturated rings. The van der Waals surface area contributed by atoms with Gasteiger partial charge in [0.2, 0.25) is 0 Å². The van der Waals surface area contributed by atoms with Crippen LogP contribution < -0.4 is 0 Å². The van der Waals surface area contributed by atoms with E-state index in [0.29, 0.717) is 23.5 Å². The lowest BCUT2D eigenvalue weighted by Crippen LogP contribution is -2.30. The molecule has 0 aliphatic carbocycles. The van der Waals surface area contributed by atoms with Crippen molar-refractivity contribution in [3.8, 4) is 0 Å². The lowest BCUT2D eigenvalue weighted by Gasteiger charge is -2.18. The van der Waals surface area contributed by atoms with Gasteiger partial charge in [0.1, 0.15) is 11.5 Å². The number of esters is 1. The number of hydrogen-bond donors (Lipinski definition) is 0. The minimum absolute atomic E-state index is 0.129. The van der Waals surface area contributed by atoms with Gasteiger partial charge in [-0.15, -0.1) is 4.40 Å². The van der Waals surface area contributed by atoms with Crippen LogP contribution in [0, 0.1) is 6.92 Å². The number of hydrogen-bond acceptors (Lipinski definition) is 5. The number of carbonyl (C=O) groups excluding carboxylic acids is 1. The SMILES string of the molecule is Cc1cccc(C(=O)OCCN(C)C2=NS(=O)(=O)c3ccccc32)c1. The molecular weight excluding hydrogens is 340 g/mol. The fraction of sp³-hybridized carbons (Fsp3) is 0.222. The molecule has 0 aromatic heterocycles. The van der Waals surface area contributed by atoms with E-state index >= 15 is 0 Å². The lowest BCUT2D eigenvalue weighted by molar-refractivity contribution is 0.0491. The molecule has 6 nitrogen and oxygen atoms in total. The molecule has 1 aliphatic rings. The Morgan fingerprint density at radius 3 is 2.68 bits per heavy atom. The van der Waals surface area contributed by atoms with Crippen LogP contribution >= 0.6 is 0 Å². The van der Waals surface area contributed by atoms with Gasteiger partial charge in [-0.1, -0.05) is 29.8 Å². The molecule has 0 unspecified atom stereocenters. The molecule has 25 heavy (non-hydrogen) atoms. The third kappa shape index (κ3) is 3.56. The van der Waals surface area contributed by atoms with E-state index in [1.165, 1.54) is 6.07 Å². The van der Waals surface area contributed by atoms with E-state index in [0.717, 1.165) is 5.56 Å². The highest BCUT2D eigenvalue weighted by Crippen LogP contribution is 2.26. The number of ether oxygens (including phenoxy) is 1. The molecule has 0 spiro atoms. The monoisotopic (exact) mass is 358 g/mol. The van der Waals surface area contributed by atoms with Crippen LogP contribution in [-0.4, -0.2) is 45.3 Å². The fourth-order valence-corrected chi connectivity index (χ4v) is 3.85. The van der Waals surface area contributed by atoms with Crippen LogP contribution in [0.2, 0.25) is 0 Å². The molecule has 0 N–H and O–H groups in total. The van der Waals surface area contributed by atoms with Gasteiger partial charge < -0.3 is 9.64 Å². The Morgan fingerprint density at radius 1 is 1.16 bits per heavy atom. The van der Waals surface area contributed by atoms with Gasteiger partial charge >= 0.3 is 5.97 Å². The number of amidine groups is 1. The Bertz CT molecular complexity index is 951. The summed E-state index contributed by atoms with van der Waals surface area (Å²) in [7, 11) is -1.93. The Hall–Kier alpha value is -2.67. The highest BCUT2D eigenvalue weighted by atomic mass is 32.2. The molecule has 3 rings (SSSR count). The average molecular weight is 358 g/mol. The van der Waals surface area contributed by atoms with Crippen molar-refractivity contribution in [3.05, 3.63) is 65.2 Å². The Morgan fingerprint density at radius 2 is 1.92 bits per heavy atom. The van der Waals surface area contributed by atoms with Crippen LogP contribution in [-0.2, 0) is 14.8 Å². The van der Waals surface area contributed by atoms with Crippen molar-refractivity contribution in [1.82, 2.24) is 4.90 Å². The van der Waals surface area contributed by atoms with E-state index in [1.54, 1.807) is 48.3 Å². The van der Waals surface area contributed by atoms with E-state index in [9.17, 15) is 13.2 Å². The second kappa shape index (κ2) is 6.68. The zero-order valence-electron chi connectivity index (χ0n) is 14.0. The predicted octanol–water partition coefficient (Wildman–Crippen LogP) is 2.23. The van der Waals surface area contributed by atoms with Crippen molar-refractivity contribution >= 4 is 21.8 Å². The van der Waals surface area contributed by atoms with Gasteiger partial charge in [0.15, 0.2) is 5.84 Å². The summed E-state index contributed by atoms with van der Waals surface area (Å²) in [4.78, 5) is 13.9. The average Bonchev–Trinajstić information content (AvgIpc) is 2.86. The largest absolute Gasteiger partial charge is 0.460 e. The molecule has 1 heterocycles. The molecule has 7 heteroatoms. The van der Waals surface area contributed by atoms with E-state index in [2.05, 4.69) is 4.40 Å². The maximum atomic E-state index is 12.1. The molecule has 0 bridgehead atoms. The molecule has 0 atom stereocenters. The van der Waals surface area contributed by atoms with Crippen molar-refractivity contribution in [2.45, 2.75) is 11.8 Å². The molecule has 0 saturated heterocycles. The van der Waals surface area contributed by atoms with Gasteiger partial charge in [-0.2, -0.15) is 8.42 Å². The molecule has 0 saturated carbocycles. The lowest BCUT2D eigenvalue weighted by atomic mass is 10.1. The van der Waals surface area contributed by atoms with Crippen LogP contribution in [0.3, 0.4) is 0 Å².